The van der Waals surface area contributed by atoms with Crippen LogP contribution in [0.5, 0.6) is 17.2 Å². The number of amides is 1. The number of nitrogens with zero attached hydrogens (tertiary/aromatic N) is 1. The number of hydrogen-bond acceptors (Lipinski definition) is 7. The maximum absolute atomic E-state index is 12.1. The van der Waals surface area contributed by atoms with Gasteiger partial charge in [0, 0.05) is 30.1 Å². The number of fused-ring (bicyclic) bond motifs is 2. The van der Waals surface area contributed by atoms with Crippen molar-refractivity contribution < 1.29 is 28.9 Å². The molecule has 0 saturated carbocycles. The van der Waals surface area contributed by atoms with Crippen LogP contribution in [0.25, 0.3) is 21.9 Å². The first-order chi connectivity index (χ1) is 15.0. The summed E-state index contributed by atoms with van der Waals surface area (Å²) in [5, 5.41) is 22.5. The molecule has 0 aliphatic heterocycles. The van der Waals surface area contributed by atoms with Crippen molar-refractivity contribution in [2.75, 3.05) is 20.3 Å². The largest absolute Gasteiger partial charge is 0.491 e. The van der Waals surface area contributed by atoms with E-state index >= 15 is 0 Å². The van der Waals surface area contributed by atoms with E-state index in [-0.39, 0.29) is 19.1 Å². The van der Waals surface area contributed by atoms with Crippen molar-refractivity contribution in [2.24, 2.45) is 0 Å². The summed E-state index contributed by atoms with van der Waals surface area (Å²) in [5.41, 5.74) is 1.77. The Morgan fingerprint density at radius 1 is 1.16 bits per heavy atom. The van der Waals surface area contributed by atoms with Gasteiger partial charge in [-0.05, 0) is 43.3 Å². The highest BCUT2D eigenvalue weighted by molar-refractivity contribution is 6.07. The van der Waals surface area contributed by atoms with Gasteiger partial charge in [0.25, 0.3) is 5.91 Å². The first kappa shape index (κ1) is 20.6. The van der Waals surface area contributed by atoms with E-state index in [4.69, 9.17) is 19.0 Å². The number of ether oxygens (including phenoxy) is 2. The lowest BCUT2D eigenvalue weighted by atomic mass is 10.1. The van der Waals surface area contributed by atoms with Crippen LogP contribution in [0.4, 0.5) is 0 Å². The van der Waals surface area contributed by atoms with E-state index in [1.165, 1.54) is 0 Å². The third-order valence-corrected chi connectivity index (χ3v) is 4.85. The molecule has 0 radical (unpaired) electrons. The first-order valence-corrected chi connectivity index (χ1v) is 9.73. The van der Waals surface area contributed by atoms with Gasteiger partial charge in [-0.3, -0.25) is 9.78 Å². The summed E-state index contributed by atoms with van der Waals surface area (Å²) in [6.45, 7) is 1.34. The van der Waals surface area contributed by atoms with Gasteiger partial charge in [0.15, 0.2) is 0 Å². The van der Waals surface area contributed by atoms with E-state index in [0.717, 1.165) is 5.39 Å². The average molecular weight is 422 g/mol. The molecule has 0 aliphatic rings. The van der Waals surface area contributed by atoms with Crippen LogP contribution in [0.1, 0.15) is 16.1 Å². The molecule has 0 spiro atoms. The van der Waals surface area contributed by atoms with Gasteiger partial charge < -0.3 is 29.4 Å². The molecule has 2 aromatic carbocycles. The molecule has 0 fully saturated rings. The Labute approximate surface area is 178 Å². The lowest BCUT2D eigenvalue weighted by Crippen LogP contribution is -2.21. The molecule has 4 rings (SSSR count). The van der Waals surface area contributed by atoms with Gasteiger partial charge >= 0.3 is 0 Å². The van der Waals surface area contributed by atoms with Crippen LogP contribution in [0.3, 0.4) is 0 Å². The summed E-state index contributed by atoms with van der Waals surface area (Å²) in [6.07, 6.45) is 0.691. The van der Waals surface area contributed by atoms with Gasteiger partial charge in [0.2, 0.25) is 0 Å². The van der Waals surface area contributed by atoms with Gasteiger partial charge in [-0.15, -0.1) is 0 Å². The summed E-state index contributed by atoms with van der Waals surface area (Å²) in [6, 6.07) is 12.3. The molecule has 1 atom stereocenters. The molecule has 8 heteroatoms. The van der Waals surface area contributed by atoms with E-state index in [1.54, 1.807) is 62.6 Å². The zero-order valence-electron chi connectivity index (χ0n) is 17.1. The number of aliphatic hydroxyl groups excluding tert-OH is 2. The smallest absolute Gasteiger partial charge is 0.255 e. The zero-order chi connectivity index (χ0) is 22.0. The second-order valence-corrected chi connectivity index (χ2v) is 7.01. The van der Waals surface area contributed by atoms with Crippen LogP contribution in [-0.4, -0.2) is 47.5 Å². The van der Waals surface area contributed by atoms with Crippen LogP contribution in [-0.2, 0) is 0 Å². The maximum Gasteiger partial charge on any atom is 0.255 e. The van der Waals surface area contributed by atoms with Crippen molar-refractivity contribution >= 4 is 27.8 Å². The molecule has 4 aromatic rings. The highest BCUT2D eigenvalue weighted by atomic mass is 16.5. The Morgan fingerprint density at radius 3 is 2.74 bits per heavy atom. The molecule has 3 N–H and O–H groups in total. The minimum atomic E-state index is -0.955. The zero-order valence-corrected chi connectivity index (χ0v) is 17.1. The summed E-state index contributed by atoms with van der Waals surface area (Å²) in [7, 11) is 1.58. The molecule has 0 aliphatic carbocycles. The SMILES string of the molecule is CNC(=O)c1c(C)oc2cc(Oc3ccnc4ccc(OCC(O)CO)cc34)ccc12. The molecule has 2 heterocycles. The normalized spacial score (nSPS) is 12.1. The number of pyridine rings is 1. The number of hydrogen-bond donors (Lipinski definition) is 3. The molecule has 1 unspecified atom stereocenters. The average Bonchev–Trinajstić information content (AvgIpc) is 3.12. The topological polar surface area (TPSA) is 114 Å². The second-order valence-electron chi connectivity index (χ2n) is 7.01. The molecule has 0 bridgehead atoms. The third kappa shape index (κ3) is 4.16. The van der Waals surface area contributed by atoms with Gasteiger partial charge in [-0.1, -0.05) is 0 Å². The number of aromatic nitrogens is 1. The Hall–Kier alpha value is -3.62. The van der Waals surface area contributed by atoms with Crippen molar-refractivity contribution in [3.8, 4) is 17.2 Å². The van der Waals surface area contributed by atoms with Crippen molar-refractivity contribution in [1.29, 1.82) is 0 Å². The highest BCUT2D eigenvalue weighted by Crippen LogP contribution is 2.34. The number of carbonyl (C=O) groups excluding carboxylic acids is 1. The third-order valence-electron chi connectivity index (χ3n) is 4.85. The standard InChI is InChI=1S/C23H22N2O6/c1-13-22(23(28)24-2)17-5-3-16(10-21(17)30-13)31-20-7-8-25-19-6-4-15(9-18(19)20)29-12-14(27)11-26/h3-10,14,26-27H,11-12H2,1-2H3,(H,24,28). The lowest BCUT2D eigenvalue weighted by Gasteiger charge is -2.12. The maximum atomic E-state index is 12.1. The number of benzene rings is 2. The van der Waals surface area contributed by atoms with Crippen molar-refractivity contribution in [3.63, 3.8) is 0 Å². The fourth-order valence-electron chi connectivity index (χ4n) is 3.32. The van der Waals surface area contributed by atoms with E-state index in [9.17, 15) is 9.90 Å². The first-order valence-electron chi connectivity index (χ1n) is 9.73. The van der Waals surface area contributed by atoms with E-state index in [1.807, 2.05) is 0 Å². The fraction of sp³-hybridized carbons (Fsp3) is 0.217. The van der Waals surface area contributed by atoms with Crippen LogP contribution < -0.4 is 14.8 Å². The molecule has 31 heavy (non-hydrogen) atoms. The van der Waals surface area contributed by atoms with Gasteiger partial charge in [0.05, 0.1) is 17.7 Å². The molecule has 1 amide bonds. The molecular formula is C23H22N2O6. The van der Waals surface area contributed by atoms with E-state index in [0.29, 0.717) is 45.1 Å². The Balaban J connectivity index is 1.66. The monoisotopic (exact) mass is 422 g/mol. The summed E-state index contributed by atoms with van der Waals surface area (Å²) < 4.78 is 17.4. The quantitative estimate of drug-likeness (QED) is 0.419. The number of nitrogens with one attached hydrogen (secondary N) is 1. The van der Waals surface area contributed by atoms with Crippen molar-refractivity contribution in [1.82, 2.24) is 10.3 Å². The van der Waals surface area contributed by atoms with Gasteiger partial charge in [-0.2, -0.15) is 0 Å². The molecule has 160 valence electrons. The summed E-state index contributed by atoms with van der Waals surface area (Å²) in [4.78, 5) is 16.5. The predicted octanol–water partition coefficient (Wildman–Crippen LogP) is 3.17. The minimum absolute atomic E-state index is 0.0271. The lowest BCUT2D eigenvalue weighted by molar-refractivity contribution is 0.0536. The number of aryl methyl sites for hydroxylation is 1. The van der Waals surface area contributed by atoms with E-state index in [2.05, 4.69) is 10.3 Å². The number of furan rings is 1. The molecular weight excluding hydrogens is 400 g/mol. The highest BCUT2D eigenvalue weighted by Gasteiger charge is 2.18. The number of carbonyl (C=O) groups is 1. The number of rotatable bonds is 7. The molecule has 0 saturated heterocycles. The predicted molar refractivity (Wildman–Crippen MR) is 115 cm³/mol. The van der Waals surface area contributed by atoms with Crippen LogP contribution in [0.15, 0.2) is 53.1 Å². The van der Waals surface area contributed by atoms with Crippen molar-refractivity contribution in [3.05, 3.63) is 60.0 Å². The summed E-state index contributed by atoms with van der Waals surface area (Å²) >= 11 is 0. The summed E-state index contributed by atoms with van der Waals surface area (Å²) in [5.74, 6) is 1.95. The van der Waals surface area contributed by atoms with E-state index < -0.39 is 6.10 Å². The van der Waals surface area contributed by atoms with Crippen LogP contribution >= 0.6 is 0 Å². The van der Waals surface area contributed by atoms with Crippen LogP contribution in [0, 0.1) is 6.92 Å². The fourth-order valence-corrected chi connectivity index (χ4v) is 3.32. The van der Waals surface area contributed by atoms with Gasteiger partial charge in [0.1, 0.15) is 41.3 Å². The molecule has 8 nitrogen and oxygen atoms in total. The Bertz CT molecular complexity index is 1250. The number of aliphatic hydroxyl groups is 2. The van der Waals surface area contributed by atoms with Crippen molar-refractivity contribution in [2.45, 2.75) is 13.0 Å². The Morgan fingerprint density at radius 2 is 1.97 bits per heavy atom. The minimum Gasteiger partial charge on any atom is -0.491 e. The molecule has 2 aromatic heterocycles. The second kappa shape index (κ2) is 8.63. The van der Waals surface area contributed by atoms with Gasteiger partial charge in [-0.25, -0.2) is 0 Å². The van der Waals surface area contributed by atoms with Crippen LogP contribution in [0.2, 0.25) is 0 Å². The Kier molecular flexibility index (Phi) is 5.75.